The molecule has 1 aromatic carbocycles. The maximum Gasteiger partial charge on any atom is 0.240 e. The lowest BCUT2D eigenvalue weighted by Gasteiger charge is -2.12. The third kappa shape index (κ3) is 4.25. The van der Waals surface area contributed by atoms with Crippen molar-refractivity contribution in [2.45, 2.75) is 50.0 Å². The molecule has 1 aromatic rings. The Kier molecular flexibility index (Phi) is 5.72. The van der Waals surface area contributed by atoms with Crippen LogP contribution in [0.4, 0.5) is 4.39 Å². The van der Waals surface area contributed by atoms with Crippen LogP contribution in [0.2, 0.25) is 0 Å². The Morgan fingerprint density at radius 2 is 2.00 bits per heavy atom. The largest absolute Gasteiger partial charge is 0.326 e. The summed E-state index contributed by atoms with van der Waals surface area (Å²) in [5, 5.41) is 0. The van der Waals surface area contributed by atoms with Crippen molar-refractivity contribution in [2.24, 2.45) is 11.7 Å². The van der Waals surface area contributed by atoms with Crippen LogP contribution in [0, 0.1) is 11.7 Å². The molecule has 1 aliphatic rings. The Morgan fingerprint density at radius 1 is 1.29 bits per heavy atom. The molecular formula is C15H23FN2O2S. The fourth-order valence-electron chi connectivity index (χ4n) is 2.96. The highest BCUT2D eigenvalue weighted by Crippen LogP contribution is 2.28. The zero-order chi connectivity index (χ0) is 15.3. The molecule has 0 aliphatic heterocycles. The molecule has 21 heavy (non-hydrogen) atoms. The van der Waals surface area contributed by atoms with Crippen molar-refractivity contribution in [1.29, 1.82) is 0 Å². The van der Waals surface area contributed by atoms with E-state index in [1.54, 1.807) is 0 Å². The average Bonchev–Trinajstić information content (AvgIpc) is 2.96. The molecule has 0 spiro atoms. The van der Waals surface area contributed by atoms with E-state index in [1.165, 1.54) is 43.9 Å². The minimum absolute atomic E-state index is 0.0424. The summed E-state index contributed by atoms with van der Waals surface area (Å²) in [5.41, 5.74) is 5.50. The summed E-state index contributed by atoms with van der Waals surface area (Å²) in [7, 11) is -3.69. The van der Waals surface area contributed by atoms with Crippen molar-refractivity contribution in [2.75, 3.05) is 6.54 Å². The zero-order valence-corrected chi connectivity index (χ0v) is 13.0. The van der Waals surface area contributed by atoms with Gasteiger partial charge < -0.3 is 5.73 Å². The summed E-state index contributed by atoms with van der Waals surface area (Å²) in [6.07, 6.45) is 6.97. The van der Waals surface area contributed by atoms with Crippen LogP contribution >= 0.6 is 0 Å². The van der Waals surface area contributed by atoms with Crippen LogP contribution < -0.4 is 10.5 Å². The van der Waals surface area contributed by atoms with E-state index >= 15 is 0 Å². The van der Waals surface area contributed by atoms with Crippen molar-refractivity contribution in [3.63, 3.8) is 0 Å². The van der Waals surface area contributed by atoms with Gasteiger partial charge >= 0.3 is 0 Å². The predicted octanol–water partition coefficient (Wildman–Crippen LogP) is 2.53. The summed E-state index contributed by atoms with van der Waals surface area (Å²) in [6.45, 7) is 0.254. The monoisotopic (exact) mass is 314 g/mol. The van der Waals surface area contributed by atoms with Crippen LogP contribution in [0.25, 0.3) is 0 Å². The highest BCUT2D eigenvalue weighted by atomic mass is 32.2. The number of rotatable bonds is 7. The SMILES string of the molecule is NCc1c(F)cccc1S(=O)(=O)NCCCC1CCCC1. The first-order chi connectivity index (χ1) is 10.0. The van der Waals surface area contributed by atoms with Crippen LogP contribution in [-0.2, 0) is 16.6 Å². The van der Waals surface area contributed by atoms with Crippen molar-refractivity contribution < 1.29 is 12.8 Å². The van der Waals surface area contributed by atoms with Gasteiger partial charge in [0.25, 0.3) is 0 Å². The molecule has 1 aliphatic carbocycles. The quantitative estimate of drug-likeness (QED) is 0.760. The van der Waals surface area contributed by atoms with Gasteiger partial charge in [0.15, 0.2) is 0 Å². The fourth-order valence-corrected chi connectivity index (χ4v) is 4.29. The average molecular weight is 314 g/mol. The van der Waals surface area contributed by atoms with E-state index in [2.05, 4.69) is 4.72 Å². The Morgan fingerprint density at radius 3 is 2.67 bits per heavy atom. The predicted molar refractivity (Wildman–Crippen MR) is 80.7 cm³/mol. The molecule has 2 rings (SSSR count). The molecule has 0 aromatic heterocycles. The number of halogens is 1. The maximum atomic E-state index is 13.6. The second-order valence-corrected chi connectivity index (χ2v) is 7.35. The highest BCUT2D eigenvalue weighted by Gasteiger charge is 2.20. The summed E-state index contributed by atoms with van der Waals surface area (Å²) in [6, 6.07) is 4.01. The number of nitrogens with two attached hydrogens (primary N) is 1. The topological polar surface area (TPSA) is 72.2 Å². The van der Waals surface area contributed by atoms with Gasteiger partial charge in [-0.05, 0) is 30.9 Å². The molecule has 0 atom stereocenters. The normalized spacial score (nSPS) is 16.5. The highest BCUT2D eigenvalue weighted by molar-refractivity contribution is 7.89. The van der Waals surface area contributed by atoms with Gasteiger partial charge in [-0.25, -0.2) is 17.5 Å². The van der Waals surface area contributed by atoms with E-state index in [0.29, 0.717) is 6.54 Å². The van der Waals surface area contributed by atoms with Gasteiger partial charge in [-0.3, -0.25) is 0 Å². The molecule has 1 fully saturated rings. The molecule has 3 N–H and O–H groups in total. The molecule has 0 heterocycles. The molecular weight excluding hydrogens is 291 g/mol. The lowest BCUT2D eigenvalue weighted by molar-refractivity contribution is 0.480. The van der Waals surface area contributed by atoms with Crippen molar-refractivity contribution in [3.8, 4) is 0 Å². The zero-order valence-electron chi connectivity index (χ0n) is 12.1. The summed E-state index contributed by atoms with van der Waals surface area (Å²) in [4.78, 5) is -0.0501. The second-order valence-electron chi connectivity index (χ2n) is 5.61. The molecule has 0 amide bonds. The lowest BCUT2D eigenvalue weighted by Crippen LogP contribution is -2.27. The van der Waals surface area contributed by atoms with Crippen LogP contribution in [0.1, 0.15) is 44.1 Å². The van der Waals surface area contributed by atoms with Gasteiger partial charge in [-0.1, -0.05) is 31.7 Å². The first-order valence-electron chi connectivity index (χ1n) is 7.51. The van der Waals surface area contributed by atoms with Crippen LogP contribution in [0.3, 0.4) is 0 Å². The Hall–Kier alpha value is -0.980. The van der Waals surface area contributed by atoms with Crippen LogP contribution in [0.5, 0.6) is 0 Å². The Balaban J connectivity index is 1.93. The van der Waals surface area contributed by atoms with Crippen molar-refractivity contribution >= 4 is 10.0 Å². The molecule has 0 saturated heterocycles. The Bertz CT molecular complexity index is 569. The van der Waals surface area contributed by atoms with Gasteiger partial charge in [0.1, 0.15) is 5.82 Å². The maximum absolute atomic E-state index is 13.6. The van der Waals surface area contributed by atoms with Gasteiger partial charge in [0.2, 0.25) is 10.0 Å². The molecule has 1 saturated carbocycles. The van der Waals surface area contributed by atoms with Gasteiger partial charge in [-0.2, -0.15) is 0 Å². The minimum Gasteiger partial charge on any atom is -0.326 e. The fraction of sp³-hybridized carbons (Fsp3) is 0.600. The lowest BCUT2D eigenvalue weighted by atomic mass is 10.0. The van der Waals surface area contributed by atoms with Gasteiger partial charge in [-0.15, -0.1) is 0 Å². The summed E-state index contributed by atoms with van der Waals surface area (Å²) < 4.78 is 40.6. The van der Waals surface area contributed by atoms with E-state index in [4.69, 9.17) is 5.73 Å². The van der Waals surface area contributed by atoms with Crippen molar-refractivity contribution in [1.82, 2.24) is 4.72 Å². The third-order valence-electron chi connectivity index (χ3n) is 4.13. The van der Waals surface area contributed by atoms with E-state index in [1.807, 2.05) is 0 Å². The summed E-state index contributed by atoms with van der Waals surface area (Å²) >= 11 is 0. The molecule has 0 bridgehead atoms. The third-order valence-corrected chi connectivity index (χ3v) is 5.67. The van der Waals surface area contributed by atoms with E-state index in [9.17, 15) is 12.8 Å². The van der Waals surface area contributed by atoms with E-state index in [0.717, 1.165) is 18.8 Å². The van der Waals surface area contributed by atoms with E-state index < -0.39 is 15.8 Å². The first kappa shape index (κ1) is 16.4. The molecule has 4 nitrogen and oxygen atoms in total. The number of sulfonamides is 1. The molecule has 6 heteroatoms. The smallest absolute Gasteiger partial charge is 0.240 e. The van der Waals surface area contributed by atoms with Crippen LogP contribution in [0.15, 0.2) is 23.1 Å². The van der Waals surface area contributed by atoms with Crippen LogP contribution in [-0.4, -0.2) is 15.0 Å². The second kappa shape index (κ2) is 7.33. The van der Waals surface area contributed by atoms with Gasteiger partial charge in [0, 0.05) is 18.7 Å². The van der Waals surface area contributed by atoms with Gasteiger partial charge in [0.05, 0.1) is 4.90 Å². The molecule has 0 radical (unpaired) electrons. The standard InChI is InChI=1S/C15H23FN2O2S/c16-14-8-3-9-15(13(14)11-17)21(19,20)18-10-4-7-12-5-1-2-6-12/h3,8-9,12,18H,1-2,4-7,10-11,17H2. The summed E-state index contributed by atoms with van der Waals surface area (Å²) in [5.74, 6) is 0.162. The number of benzene rings is 1. The minimum atomic E-state index is -3.69. The van der Waals surface area contributed by atoms with Crippen molar-refractivity contribution in [3.05, 3.63) is 29.6 Å². The number of hydrogen-bond donors (Lipinski definition) is 2. The molecule has 0 unspecified atom stereocenters. The first-order valence-corrected chi connectivity index (χ1v) is 9.00. The van der Waals surface area contributed by atoms with E-state index in [-0.39, 0.29) is 17.0 Å². The Labute approximate surface area is 126 Å². The number of nitrogens with one attached hydrogen (secondary N) is 1. The number of hydrogen-bond acceptors (Lipinski definition) is 3. The molecule has 118 valence electrons.